The fourth-order valence-electron chi connectivity index (χ4n) is 10.4. The zero-order chi connectivity index (χ0) is 69.3. The highest BCUT2D eigenvalue weighted by Gasteiger charge is 2.45. The van der Waals surface area contributed by atoms with Crippen molar-refractivity contribution < 1.29 is 63.3 Å². The van der Waals surface area contributed by atoms with Crippen LogP contribution < -0.4 is 21.3 Å². The van der Waals surface area contributed by atoms with Gasteiger partial charge in [-0.1, -0.05) is 109 Å². The second-order valence-corrected chi connectivity index (χ2v) is 25.9. The molecule has 1 fully saturated rings. The summed E-state index contributed by atoms with van der Waals surface area (Å²) in [6.07, 6.45) is -0.670. The van der Waals surface area contributed by atoms with Crippen LogP contribution in [0.1, 0.15) is 162 Å². The number of likely N-dealkylation sites (N-methyl/N-ethyl adjacent to an activating group) is 7. The fraction of sp³-hybridized carbons (Fsp3) is 0.790. The Morgan fingerprint density at radius 3 is 1.27 bits per heavy atom. The Kier molecular flexibility index (Phi) is 28.6. The third kappa shape index (κ3) is 22.0. The molecule has 0 aromatic heterocycles. The van der Waals surface area contributed by atoms with E-state index in [0.717, 1.165) is 20.8 Å². The highest BCUT2D eigenvalue weighted by Crippen LogP contribution is 2.25. The topological polar surface area (TPSA) is 279 Å². The number of hydrogen-bond acceptors (Lipinski definition) is 12. The number of rotatable bonds is 15. The van der Waals surface area contributed by atoms with E-state index >= 15 is 14.4 Å². The lowest BCUT2D eigenvalue weighted by Gasteiger charge is -2.41. The maximum atomic E-state index is 15.3. The van der Waals surface area contributed by atoms with Crippen molar-refractivity contribution >= 4 is 65.0 Å². The van der Waals surface area contributed by atoms with Crippen molar-refractivity contribution in [1.29, 1.82) is 0 Å². The Bertz CT molecular complexity index is 2500. The zero-order valence-electron chi connectivity index (χ0n) is 59.5. The van der Waals surface area contributed by atoms with Crippen LogP contribution in [0, 0.1) is 41.4 Å². The summed E-state index contributed by atoms with van der Waals surface area (Å²) in [6.45, 7) is 23.9. The second kappa shape index (κ2) is 34.9. The molecule has 5 N–H and O–H groups in total. The Hall–Kier alpha value is -6.13. The SMILES string of the molecule is [2H]/C(=C\[C@@H](C)[C@@H](O)[C@H]1C(=O)N[C@@H](CC)C(=O)N(C)CC(=O)N(C)[C@@H](CC(C)C)C(=O)N[C@@H](C(C)C)C(=O)N(C)[C@@H](CC(C)C)C(=O)N[C@@H](C)C(=O)N[C@H](C)C(=O)N(C)[C@H](CC(C)C)C(=O)N(C)[C@@H](CC(C)C)C(=O)N(C)[C@@H](CC(C)C)C(=O)N1C)C([2H])([2H])[2H]. The predicted octanol–water partition coefficient (Wildman–Crippen LogP) is 3.27. The third-order valence-corrected chi connectivity index (χ3v) is 15.8. The van der Waals surface area contributed by atoms with Crippen LogP contribution in [0.5, 0.6) is 0 Å². The van der Waals surface area contributed by atoms with E-state index in [1.54, 1.807) is 34.6 Å². The van der Waals surface area contributed by atoms with Gasteiger partial charge in [-0.25, -0.2) is 0 Å². The number of nitrogens with one attached hydrogen (secondary N) is 4. The van der Waals surface area contributed by atoms with Gasteiger partial charge in [0.05, 0.1) is 14.0 Å². The van der Waals surface area contributed by atoms with Gasteiger partial charge in [0.1, 0.15) is 60.4 Å². The first-order valence-electron chi connectivity index (χ1n) is 32.2. The average molecular weight is 1210 g/mol. The summed E-state index contributed by atoms with van der Waals surface area (Å²) in [6, 6.07) is -14.1. The van der Waals surface area contributed by atoms with Crippen LogP contribution >= 0.6 is 0 Å². The Morgan fingerprint density at radius 2 is 0.859 bits per heavy atom. The minimum atomic E-state index is -2.92. The quantitative estimate of drug-likeness (QED) is 0.148. The van der Waals surface area contributed by atoms with Gasteiger partial charge in [0, 0.05) is 59.4 Å². The lowest BCUT2D eigenvalue weighted by Crippen LogP contribution is -2.63. The Morgan fingerprint density at radius 1 is 0.482 bits per heavy atom. The normalized spacial score (nSPS) is 27.9. The van der Waals surface area contributed by atoms with Crippen molar-refractivity contribution in [3.8, 4) is 0 Å². The standard InChI is InChI=1S/C62H111N11O12/c1-25-27-40(15)52(75)51-56(79)65-43(26-2)58(81)67(18)33-49(74)68(19)44(28-34(3)4)55(78)66-50(39(13)14)62(85)69(20)45(29-35(5)6)54(77)63-41(16)53(76)64-42(17)57(80)70(21)46(30-36(7)8)59(82)71(22)47(31-37(9)10)60(83)72(23)48(32-38(11)12)61(84)73(51)24/h25,27,34-48,50-52,75H,26,28-33H2,1-24H3,(H,63,77)(H,64,76)(H,65,79)(H,66,78)/b27-25+/t40-,41+,42-,43+,44+,45+,46-,47+,48+,50+,51+,52-/m1/s1/i1D3,25D. The summed E-state index contributed by atoms with van der Waals surface area (Å²) in [4.78, 5) is 169. The number of carbonyl (C=O) groups is 11. The minimum Gasteiger partial charge on any atom is -0.390 e. The first kappa shape index (κ1) is 69.6. The lowest BCUT2D eigenvalue weighted by atomic mass is 9.93. The molecule has 0 aromatic rings. The fourth-order valence-corrected chi connectivity index (χ4v) is 10.4. The van der Waals surface area contributed by atoms with Crippen molar-refractivity contribution in [3.63, 3.8) is 0 Å². The lowest BCUT2D eigenvalue weighted by molar-refractivity contribution is -0.156. The minimum absolute atomic E-state index is 0.0125. The molecule has 486 valence electrons. The van der Waals surface area contributed by atoms with Crippen LogP contribution in [0.15, 0.2) is 12.1 Å². The van der Waals surface area contributed by atoms with Gasteiger partial charge in [-0.05, 0) is 94.7 Å². The molecule has 11 amide bonds. The summed E-state index contributed by atoms with van der Waals surface area (Å²) in [7, 11) is 9.49. The number of aliphatic hydroxyl groups is 1. The molecule has 85 heavy (non-hydrogen) atoms. The molecule has 0 aliphatic carbocycles. The van der Waals surface area contributed by atoms with Crippen molar-refractivity contribution in [2.75, 3.05) is 55.9 Å². The Balaban J connectivity index is 4.43. The first-order chi connectivity index (χ1) is 40.8. The van der Waals surface area contributed by atoms with Gasteiger partial charge in [-0.3, -0.25) is 52.7 Å². The van der Waals surface area contributed by atoms with Crippen LogP contribution in [0.4, 0.5) is 0 Å². The summed E-state index contributed by atoms with van der Waals surface area (Å²) in [5.41, 5.74) is 0. The van der Waals surface area contributed by atoms with E-state index in [9.17, 15) is 43.5 Å². The van der Waals surface area contributed by atoms with Gasteiger partial charge in [0.2, 0.25) is 65.0 Å². The molecule has 0 bridgehead atoms. The van der Waals surface area contributed by atoms with Gasteiger partial charge in [-0.2, -0.15) is 0 Å². The van der Waals surface area contributed by atoms with Crippen LogP contribution in [0.2, 0.25) is 0 Å². The maximum absolute atomic E-state index is 15.3. The Labute approximate surface area is 514 Å². The summed E-state index contributed by atoms with van der Waals surface area (Å²) in [5, 5.41) is 22.9. The van der Waals surface area contributed by atoms with E-state index in [1.165, 1.54) is 89.7 Å². The van der Waals surface area contributed by atoms with Gasteiger partial charge in [0.25, 0.3) is 0 Å². The molecule has 12 atom stereocenters. The van der Waals surface area contributed by atoms with E-state index in [0.29, 0.717) is 0 Å². The number of aliphatic hydroxyl groups excluding tert-OH is 1. The van der Waals surface area contributed by atoms with E-state index in [-0.39, 0.29) is 68.1 Å². The molecule has 1 rings (SSSR count). The molecular weight excluding hydrogens is 1090 g/mol. The molecule has 0 saturated carbocycles. The molecule has 0 radical (unpaired) electrons. The number of allylic oxidation sites excluding steroid dienone is 1. The molecule has 1 aliphatic heterocycles. The average Bonchev–Trinajstić information content (AvgIpc) is 1.77. The zero-order valence-corrected chi connectivity index (χ0v) is 55.5. The van der Waals surface area contributed by atoms with E-state index in [2.05, 4.69) is 21.3 Å². The molecule has 1 heterocycles. The molecular formula is C62H111N11O12. The summed E-state index contributed by atoms with van der Waals surface area (Å²) >= 11 is 0. The van der Waals surface area contributed by atoms with Gasteiger partial charge in [-0.15, -0.1) is 0 Å². The van der Waals surface area contributed by atoms with Crippen molar-refractivity contribution in [2.45, 2.75) is 223 Å². The van der Waals surface area contributed by atoms with Crippen LogP contribution in [-0.4, -0.2) is 227 Å². The molecule has 1 saturated heterocycles. The molecule has 0 spiro atoms. The largest absolute Gasteiger partial charge is 0.390 e. The first-order valence-corrected chi connectivity index (χ1v) is 30.2. The van der Waals surface area contributed by atoms with Crippen molar-refractivity contribution in [3.05, 3.63) is 12.1 Å². The molecule has 0 unspecified atom stereocenters. The monoisotopic (exact) mass is 1210 g/mol. The van der Waals surface area contributed by atoms with Gasteiger partial charge < -0.3 is 60.7 Å². The van der Waals surface area contributed by atoms with Crippen LogP contribution in [-0.2, 0) is 52.7 Å². The van der Waals surface area contributed by atoms with E-state index in [4.69, 9.17) is 5.48 Å². The predicted molar refractivity (Wildman–Crippen MR) is 328 cm³/mol. The number of nitrogens with zero attached hydrogens (tertiary/aromatic N) is 7. The van der Waals surface area contributed by atoms with E-state index < -0.39 is 163 Å². The van der Waals surface area contributed by atoms with E-state index in [1.807, 2.05) is 55.4 Å². The van der Waals surface area contributed by atoms with Crippen molar-refractivity contribution in [1.82, 2.24) is 55.6 Å². The van der Waals surface area contributed by atoms with Gasteiger partial charge >= 0.3 is 0 Å². The third-order valence-electron chi connectivity index (χ3n) is 15.8. The van der Waals surface area contributed by atoms with Gasteiger partial charge in [0.15, 0.2) is 0 Å². The smallest absolute Gasteiger partial charge is 0.246 e. The molecule has 0 aromatic carbocycles. The molecule has 23 heteroatoms. The molecule has 1 aliphatic rings. The van der Waals surface area contributed by atoms with Crippen molar-refractivity contribution in [2.24, 2.45) is 41.4 Å². The van der Waals surface area contributed by atoms with Crippen LogP contribution in [0.3, 0.4) is 0 Å². The molecule has 23 nitrogen and oxygen atoms in total. The van der Waals surface area contributed by atoms with Crippen LogP contribution in [0.25, 0.3) is 0 Å². The summed E-state index contributed by atoms with van der Waals surface area (Å²) in [5.74, 6) is -11.1. The highest BCUT2D eigenvalue weighted by atomic mass is 16.3. The number of amides is 11. The number of hydrogen-bond donors (Lipinski definition) is 5. The second-order valence-electron chi connectivity index (χ2n) is 25.9. The number of carbonyl (C=O) groups excluding carboxylic acids is 11. The highest BCUT2D eigenvalue weighted by molar-refractivity contribution is 5.99. The summed E-state index contributed by atoms with van der Waals surface area (Å²) < 4.78 is 31.7. The maximum Gasteiger partial charge on any atom is 0.246 e.